The lowest BCUT2D eigenvalue weighted by molar-refractivity contribution is -0.318. The predicted molar refractivity (Wildman–Crippen MR) is 86.5 cm³/mol. The number of benzene rings is 2. The van der Waals surface area contributed by atoms with E-state index in [4.69, 9.17) is 10.5 Å². The maximum Gasteiger partial charge on any atom is 0.123 e. The first kappa shape index (κ1) is 18.3. The maximum atomic E-state index is 8.55. The Balaban J connectivity index is 0.000000220. The molecule has 2 aromatic rings. The molecule has 0 aliphatic carbocycles. The molecule has 2 rings (SSSR count). The summed E-state index contributed by atoms with van der Waals surface area (Å²) >= 11 is 0. The Bertz CT molecular complexity index is 535. The Labute approximate surface area is 131 Å². The molecule has 0 bridgehead atoms. The van der Waals surface area contributed by atoms with E-state index in [1.54, 1.807) is 6.92 Å². The molecule has 0 radical (unpaired) electrons. The molecule has 0 aliphatic rings. The van der Waals surface area contributed by atoms with Gasteiger partial charge in [-0.25, -0.2) is 9.78 Å². The first-order valence-electron chi connectivity index (χ1n) is 7.15. The van der Waals surface area contributed by atoms with Crippen LogP contribution in [0.15, 0.2) is 54.6 Å². The zero-order valence-electron chi connectivity index (χ0n) is 13.5. The Kier molecular flexibility index (Phi) is 7.21. The van der Waals surface area contributed by atoms with Gasteiger partial charge >= 0.3 is 0 Å². The van der Waals surface area contributed by atoms with E-state index >= 15 is 0 Å². The van der Waals surface area contributed by atoms with Crippen molar-refractivity contribution in [1.29, 1.82) is 0 Å². The number of aryl methyl sites for hydroxylation is 1. The zero-order chi connectivity index (χ0) is 16.6. The van der Waals surface area contributed by atoms with Crippen molar-refractivity contribution in [3.8, 4) is 0 Å². The second kappa shape index (κ2) is 8.66. The van der Waals surface area contributed by atoms with Gasteiger partial charge in [-0.2, -0.15) is 0 Å². The van der Waals surface area contributed by atoms with Crippen LogP contribution in [0.3, 0.4) is 0 Å². The van der Waals surface area contributed by atoms with E-state index in [9.17, 15) is 0 Å². The van der Waals surface area contributed by atoms with Crippen molar-refractivity contribution >= 4 is 0 Å². The summed E-state index contributed by atoms with van der Waals surface area (Å²) in [5.41, 5.74) is 2.54. The van der Waals surface area contributed by atoms with Crippen LogP contribution in [0.5, 0.6) is 0 Å². The highest BCUT2D eigenvalue weighted by Gasteiger charge is 2.20. The second-order valence-electron chi connectivity index (χ2n) is 5.63. The van der Waals surface area contributed by atoms with Crippen LogP contribution < -0.4 is 0 Å². The monoisotopic (exact) mass is 304 g/mol. The van der Waals surface area contributed by atoms with E-state index in [0.717, 1.165) is 11.1 Å². The van der Waals surface area contributed by atoms with Crippen molar-refractivity contribution in [2.75, 3.05) is 0 Å². The summed E-state index contributed by atoms with van der Waals surface area (Å²) in [5, 5.41) is 16.9. The van der Waals surface area contributed by atoms with Gasteiger partial charge in [0, 0.05) is 0 Å². The summed E-state index contributed by atoms with van der Waals surface area (Å²) in [6, 6.07) is 17.4. The summed E-state index contributed by atoms with van der Waals surface area (Å²) < 4.78 is 0. The van der Waals surface area contributed by atoms with E-state index in [0.29, 0.717) is 0 Å². The van der Waals surface area contributed by atoms with Crippen LogP contribution >= 0.6 is 0 Å². The lowest BCUT2D eigenvalue weighted by Crippen LogP contribution is -2.19. The molecule has 4 nitrogen and oxygen atoms in total. The molecule has 0 fully saturated rings. The van der Waals surface area contributed by atoms with Crippen LogP contribution in [-0.2, 0) is 15.4 Å². The summed E-state index contributed by atoms with van der Waals surface area (Å²) in [6.07, 6.45) is -0.240. The van der Waals surface area contributed by atoms with Crippen molar-refractivity contribution in [1.82, 2.24) is 0 Å². The van der Waals surface area contributed by atoms with Crippen LogP contribution in [0.2, 0.25) is 0 Å². The predicted octanol–water partition coefficient (Wildman–Crippen LogP) is 4.96. The fourth-order valence-corrected chi connectivity index (χ4v) is 1.79. The topological polar surface area (TPSA) is 58.9 Å². The van der Waals surface area contributed by atoms with Crippen LogP contribution in [0.1, 0.15) is 43.6 Å². The van der Waals surface area contributed by atoms with Gasteiger partial charge in [0.15, 0.2) is 0 Å². The smallest absolute Gasteiger partial charge is 0.123 e. The average molecular weight is 304 g/mol. The molecule has 0 saturated heterocycles. The van der Waals surface area contributed by atoms with E-state index < -0.39 is 5.60 Å². The summed E-state index contributed by atoms with van der Waals surface area (Å²) in [5.74, 6) is 0. The van der Waals surface area contributed by atoms with Crippen molar-refractivity contribution < 1.29 is 20.3 Å². The molecule has 22 heavy (non-hydrogen) atoms. The van der Waals surface area contributed by atoms with Crippen molar-refractivity contribution in [2.24, 2.45) is 0 Å². The van der Waals surface area contributed by atoms with Gasteiger partial charge in [0.25, 0.3) is 0 Å². The van der Waals surface area contributed by atoms with Gasteiger partial charge in [-0.3, -0.25) is 10.5 Å². The summed E-state index contributed by atoms with van der Waals surface area (Å²) in [4.78, 5) is 8.50. The summed E-state index contributed by atoms with van der Waals surface area (Å²) in [7, 11) is 0. The Morgan fingerprint density at radius 1 is 0.909 bits per heavy atom. The highest BCUT2D eigenvalue weighted by atomic mass is 17.1. The molecule has 2 N–H and O–H groups in total. The number of rotatable bonds is 4. The Hall–Kier alpha value is -1.72. The standard InChI is InChI=1S/2C9H12O2/c1-7-3-5-9(6-4-7)8(2)11-10;1-9(2,11-10)8-6-4-3-5-7-8/h3-6,8,10H,1-2H3;3-7,10H,1-2H3. The molecule has 1 unspecified atom stereocenters. The van der Waals surface area contributed by atoms with E-state index in [-0.39, 0.29) is 6.10 Å². The van der Waals surface area contributed by atoms with Crippen LogP contribution in [-0.4, -0.2) is 10.5 Å². The third kappa shape index (κ3) is 5.58. The fraction of sp³-hybridized carbons (Fsp3) is 0.333. The molecule has 0 aromatic heterocycles. The minimum atomic E-state index is -0.610. The van der Waals surface area contributed by atoms with Crippen LogP contribution in [0.4, 0.5) is 0 Å². The summed E-state index contributed by atoms with van der Waals surface area (Å²) in [6.45, 7) is 7.43. The zero-order valence-corrected chi connectivity index (χ0v) is 13.5. The second-order valence-corrected chi connectivity index (χ2v) is 5.63. The molecule has 1 atom stereocenters. The Morgan fingerprint density at radius 3 is 1.91 bits per heavy atom. The van der Waals surface area contributed by atoms with Gasteiger partial charge in [-0.15, -0.1) is 0 Å². The minimum Gasteiger partial charge on any atom is -0.251 e. The number of hydrogen-bond acceptors (Lipinski definition) is 4. The molecule has 0 saturated carbocycles. The fourth-order valence-electron chi connectivity index (χ4n) is 1.79. The Morgan fingerprint density at radius 2 is 1.45 bits per heavy atom. The molecule has 4 heteroatoms. The minimum absolute atomic E-state index is 0.240. The lowest BCUT2D eigenvalue weighted by Gasteiger charge is -2.20. The number of hydrogen-bond donors (Lipinski definition) is 2. The van der Waals surface area contributed by atoms with Crippen molar-refractivity contribution in [3.05, 3.63) is 71.3 Å². The SMILES string of the molecule is CC(C)(OO)c1ccccc1.Cc1ccc(C(C)OO)cc1. The quantitative estimate of drug-likeness (QED) is 0.619. The first-order chi connectivity index (χ1) is 10.4. The first-order valence-corrected chi connectivity index (χ1v) is 7.15. The molecule has 120 valence electrons. The van der Waals surface area contributed by atoms with Crippen molar-refractivity contribution in [3.63, 3.8) is 0 Å². The van der Waals surface area contributed by atoms with E-state index in [1.165, 1.54) is 5.56 Å². The van der Waals surface area contributed by atoms with Crippen molar-refractivity contribution in [2.45, 2.75) is 39.4 Å². The molecular weight excluding hydrogens is 280 g/mol. The van der Waals surface area contributed by atoms with Gasteiger partial charge < -0.3 is 0 Å². The molecule has 0 amide bonds. The normalized spacial score (nSPS) is 12.3. The molecule has 0 aliphatic heterocycles. The third-order valence-corrected chi connectivity index (χ3v) is 3.40. The molecule has 0 spiro atoms. The van der Waals surface area contributed by atoms with Gasteiger partial charge in [0.2, 0.25) is 0 Å². The van der Waals surface area contributed by atoms with Gasteiger partial charge in [-0.1, -0.05) is 60.2 Å². The van der Waals surface area contributed by atoms with E-state index in [2.05, 4.69) is 9.78 Å². The lowest BCUT2D eigenvalue weighted by atomic mass is 9.99. The van der Waals surface area contributed by atoms with Crippen LogP contribution in [0, 0.1) is 6.92 Å². The van der Waals surface area contributed by atoms with Crippen LogP contribution in [0.25, 0.3) is 0 Å². The third-order valence-electron chi connectivity index (χ3n) is 3.40. The van der Waals surface area contributed by atoms with Gasteiger partial charge in [0.1, 0.15) is 11.7 Å². The maximum absolute atomic E-state index is 8.55. The average Bonchev–Trinajstić information content (AvgIpc) is 2.56. The molecular formula is C18H24O4. The van der Waals surface area contributed by atoms with E-state index in [1.807, 2.05) is 75.4 Å². The van der Waals surface area contributed by atoms with Gasteiger partial charge in [-0.05, 0) is 38.8 Å². The van der Waals surface area contributed by atoms with Gasteiger partial charge in [0.05, 0.1) is 0 Å². The largest absolute Gasteiger partial charge is 0.251 e. The molecule has 2 aromatic carbocycles. The highest BCUT2D eigenvalue weighted by Crippen LogP contribution is 2.22. The molecule has 0 heterocycles. The highest BCUT2D eigenvalue weighted by molar-refractivity contribution is 5.22.